The number of carbonyl (C=O) groups is 2. The summed E-state index contributed by atoms with van der Waals surface area (Å²) in [4.78, 5) is 24.9. The number of amides is 1. The van der Waals surface area contributed by atoms with E-state index >= 15 is 0 Å². The van der Waals surface area contributed by atoms with Crippen molar-refractivity contribution in [3.8, 4) is 0 Å². The number of sulfone groups is 1. The van der Waals surface area contributed by atoms with Gasteiger partial charge in [0, 0.05) is 18.4 Å². The molecule has 1 atom stereocenters. The van der Waals surface area contributed by atoms with Crippen LogP contribution < -0.4 is 5.32 Å². The summed E-state index contributed by atoms with van der Waals surface area (Å²) < 4.78 is 36.9. The minimum absolute atomic E-state index is 0.0584. The SMILES string of the molecule is Cc1cc(Cl)c2cc(C(=O)N[C@H](CO)c3ccc(S(=O)(=O)CC(=O)OCC4COC4)cc3)n(C)c2c1. The number of aryl methyl sites for hydroxylation is 2. The van der Waals surface area contributed by atoms with Gasteiger partial charge in [0.25, 0.3) is 5.91 Å². The van der Waals surface area contributed by atoms with Crippen molar-refractivity contribution in [1.29, 1.82) is 0 Å². The van der Waals surface area contributed by atoms with Gasteiger partial charge in [0.15, 0.2) is 15.6 Å². The third kappa shape index (κ3) is 5.57. The van der Waals surface area contributed by atoms with Gasteiger partial charge in [-0.15, -0.1) is 0 Å². The molecule has 1 aliphatic heterocycles. The number of fused-ring (bicyclic) bond motifs is 1. The lowest BCUT2D eigenvalue weighted by Crippen LogP contribution is -2.33. The van der Waals surface area contributed by atoms with Gasteiger partial charge in [0.1, 0.15) is 5.69 Å². The van der Waals surface area contributed by atoms with Crippen molar-refractivity contribution in [2.45, 2.75) is 17.9 Å². The molecule has 9 nitrogen and oxygen atoms in total. The highest BCUT2D eigenvalue weighted by molar-refractivity contribution is 7.92. The normalized spacial score (nSPS) is 14.9. The van der Waals surface area contributed by atoms with E-state index in [2.05, 4.69) is 5.32 Å². The lowest BCUT2D eigenvalue weighted by molar-refractivity contribution is -0.147. The van der Waals surface area contributed by atoms with E-state index in [1.807, 2.05) is 19.1 Å². The van der Waals surface area contributed by atoms with Gasteiger partial charge < -0.3 is 24.5 Å². The largest absolute Gasteiger partial charge is 0.464 e. The first-order chi connectivity index (χ1) is 17.1. The number of hydrogen-bond acceptors (Lipinski definition) is 7. The molecular weight excluding hydrogens is 508 g/mol. The monoisotopic (exact) mass is 534 g/mol. The van der Waals surface area contributed by atoms with Crippen LogP contribution >= 0.6 is 11.6 Å². The summed E-state index contributed by atoms with van der Waals surface area (Å²) in [5.41, 5.74) is 2.64. The van der Waals surface area contributed by atoms with Gasteiger partial charge in [-0.3, -0.25) is 9.59 Å². The fourth-order valence-corrected chi connectivity index (χ4v) is 5.42. The second-order valence-corrected chi connectivity index (χ2v) is 11.3. The lowest BCUT2D eigenvalue weighted by atomic mass is 10.1. The zero-order chi connectivity index (χ0) is 26.0. The Bertz CT molecular complexity index is 1400. The standard InChI is InChI=1S/C25H27ClN2O7S/c1-15-7-20(26)19-9-23(28(2)22(19)8-15)25(31)27-21(10-29)17-3-5-18(6-4-17)36(32,33)14-24(30)35-13-16-11-34-12-16/h3-9,16,21,29H,10-14H2,1-2H3,(H,27,31)/t21-/m1/s1. The molecule has 3 aromatic rings. The van der Waals surface area contributed by atoms with Gasteiger partial charge in [0.05, 0.1) is 47.9 Å². The Morgan fingerprint density at radius 1 is 1.22 bits per heavy atom. The minimum Gasteiger partial charge on any atom is -0.464 e. The Labute approximate surface area is 213 Å². The quantitative estimate of drug-likeness (QED) is 0.404. The van der Waals surface area contributed by atoms with Crippen LogP contribution in [0.2, 0.25) is 5.02 Å². The van der Waals surface area contributed by atoms with Gasteiger partial charge in [-0.05, 0) is 48.4 Å². The fourth-order valence-electron chi connectivity index (χ4n) is 3.98. The molecule has 1 amide bonds. The highest BCUT2D eigenvalue weighted by Gasteiger charge is 2.25. The Kier molecular flexibility index (Phi) is 7.70. The molecule has 4 rings (SSSR count). The van der Waals surface area contributed by atoms with Gasteiger partial charge in [-0.1, -0.05) is 23.7 Å². The number of esters is 1. The molecule has 1 fully saturated rings. The molecule has 0 bridgehead atoms. The molecule has 0 aliphatic carbocycles. The van der Waals surface area contributed by atoms with Crippen LogP contribution in [0, 0.1) is 12.8 Å². The van der Waals surface area contributed by atoms with E-state index < -0.39 is 40.1 Å². The lowest BCUT2D eigenvalue weighted by Gasteiger charge is -2.25. The van der Waals surface area contributed by atoms with Crippen LogP contribution in [0.5, 0.6) is 0 Å². The second-order valence-electron chi connectivity index (χ2n) is 8.89. The van der Waals surface area contributed by atoms with Crippen molar-refractivity contribution >= 4 is 44.2 Å². The van der Waals surface area contributed by atoms with Crippen molar-refractivity contribution in [2.75, 3.05) is 32.2 Å². The first kappa shape index (κ1) is 26.2. The molecule has 2 N–H and O–H groups in total. The average Bonchev–Trinajstić information content (AvgIpc) is 3.13. The number of halogens is 1. The molecule has 2 aromatic carbocycles. The number of ether oxygens (including phenoxy) is 2. The summed E-state index contributed by atoms with van der Waals surface area (Å²) in [5, 5.41) is 14.0. The number of carbonyl (C=O) groups excluding carboxylic acids is 2. The van der Waals surface area contributed by atoms with E-state index in [-0.39, 0.29) is 17.4 Å². The highest BCUT2D eigenvalue weighted by Crippen LogP contribution is 2.28. The zero-order valence-electron chi connectivity index (χ0n) is 19.9. The van der Waals surface area contributed by atoms with Crippen molar-refractivity contribution in [3.05, 3.63) is 64.3 Å². The highest BCUT2D eigenvalue weighted by atomic mass is 35.5. The molecule has 0 spiro atoms. The third-order valence-corrected chi connectivity index (χ3v) is 8.03. The predicted molar refractivity (Wildman–Crippen MR) is 134 cm³/mol. The van der Waals surface area contributed by atoms with Crippen molar-refractivity contribution in [1.82, 2.24) is 9.88 Å². The first-order valence-electron chi connectivity index (χ1n) is 11.3. The van der Waals surface area contributed by atoms with Crippen LogP contribution in [0.3, 0.4) is 0 Å². The average molecular weight is 535 g/mol. The number of nitrogens with zero attached hydrogens (tertiary/aromatic N) is 1. The van der Waals surface area contributed by atoms with Crippen LogP contribution in [-0.4, -0.2) is 62.1 Å². The Morgan fingerprint density at radius 3 is 2.53 bits per heavy atom. The van der Waals surface area contributed by atoms with E-state index in [4.69, 9.17) is 21.1 Å². The maximum atomic E-state index is 13.0. The summed E-state index contributed by atoms with van der Waals surface area (Å²) in [6, 6.07) is 10.3. The minimum atomic E-state index is -3.91. The molecule has 1 aromatic heterocycles. The molecule has 2 heterocycles. The summed E-state index contributed by atoms with van der Waals surface area (Å²) in [6.45, 7) is 2.64. The van der Waals surface area contributed by atoms with Gasteiger partial charge >= 0.3 is 5.97 Å². The van der Waals surface area contributed by atoms with Crippen molar-refractivity contribution in [3.63, 3.8) is 0 Å². The van der Waals surface area contributed by atoms with Crippen LogP contribution in [-0.2, 0) is 31.2 Å². The molecule has 0 unspecified atom stereocenters. The maximum absolute atomic E-state index is 13.0. The third-order valence-electron chi connectivity index (χ3n) is 6.11. The molecule has 1 aliphatic rings. The molecular formula is C25H27ClN2O7S. The topological polar surface area (TPSA) is 124 Å². The molecule has 0 saturated carbocycles. The van der Waals surface area contributed by atoms with Crippen LogP contribution in [0.25, 0.3) is 10.9 Å². The van der Waals surface area contributed by atoms with Crippen LogP contribution in [0.15, 0.2) is 47.4 Å². The molecule has 0 radical (unpaired) electrons. The molecule has 36 heavy (non-hydrogen) atoms. The molecule has 1 saturated heterocycles. The fraction of sp³-hybridized carbons (Fsp3) is 0.360. The number of aromatic nitrogens is 1. The van der Waals surface area contributed by atoms with E-state index in [9.17, 15) is 23.1 Å². The Balaban J connectivity index is 1.45. The van der Waals surface area contributed by atoms with Crippen molar-refractivity contribution in [2.24, 2.45) is 13.0 Å². The van der Waals surface area contributed by atoms with Crippen LogP contribution in [0.1, 0.15) is 27.7 Å². The number of hydrogen-bond donors (Lipinski definition) is 2. The van der Waals surface area contributed by atoms with E-state index in [0.29, 0.717) is 29.5 Å². The summed E-state index contributed by atoms with van der Waals surface area (Å²) >= 11 is 6.34. The maximum Gasteiger partial charge on any atom is 0.321 e. The van der Waals surface area contributed by atoms with E-state index in [1.165, 1.54) is 24.3 Å². The van der Waals surface area contributed by atoms with Crippen LogP contribution in [0.4, 0.5) is 0 Å². The Hall–Kier alpha value is -2.92. The molecule has 192 valence electrons. The van der Waals surface area contributed by atoms with Gasteiger partial charge in [-0.2, -0.15) is 0 Å². The van der Waals surface area contributed by atoms with Crippen molar-refractivity contribution < 1.29 is 32.6 Å². The zero-order valence-corrected chi connectivity index (χ0v) is 21.4. The number of nitrogens with one attached hydrogen (secondary N) is 1. The number of benzene rings is 2. The Morgan fingerprint density at radius 2 is 1.92 bits per heavy atom. The van der Waals surface area contributed by atoms with Gasteiger partial charge in [-0.25, -0.2) is 8.42 Å². The smallest absolute Gasteiger partial charge is 0.321 e. The number of aliphatic hydroxyl groups is 1. The first-order valence-corrected chi connectivity index (χ1v) is 13.4. The number of rotatable bonds is 9. The molecule has 11 heteroatoms. The summed E-state index contributed by atoms with van der Waals surface area (Å²) in [5.74, 6) is -1.91. The summed E-state index contributed by atoms with van der Waals surface area (Å²) in [7, 11) is -2.16. The van der Waals surface area contributed by atoms with Gasteiger partial charge in [0.2, 0.25) is 0 Å². The van der Waals surface area contributed by atoms with E-state index in [0.717, 1.165) is 16.5 Å². The second kappa shape index (κ2) is 10.6. The van der Waals surface area contributed by atoms with E-state index in [1.54, 1.807) is 17.7 Å². The number of aliphatic hydroxyl groups excluding tert-OH is 1. The predicted octanol–water partition coefficient (Wildman–Crippen LogP) is 2.57. The summed E-state index contributed by atoms with van der Waals surface area (Å²) in [6.07, 6.45) is 0.